The van der Waals surface area contributed by atoms with Crippen LogP contribution >= 0.6 is 11.6 Å². The third kappa shape index (κ3) is 3.71. The first-order chi connectivity index (χ1) is 7.91. The Kier molecular flexibility index (Phi) is 4.45. The SMILES string of the molecule is CC(Cl)C(=O)N(C)Cc1cccc([N+](=O)[O-])c1. The van der Waals surface area contributed by atoms with Crippen molar-refractivity contribution in [2.24, 2.45) is 0 Å². The van der Waals surface area contributed by atoms with E-state index in [0.717, 1.165) is 0 Å². The molecule has 0 saturated carbocycles. The molecule has 0 fully saturated rings. The van der Waals surface area contributed by atoms with Crippen molar-refractivity contribution in [3.05, 3.63) is 39.9 Å². The van der Waals surface area contributed by atoms with Crippen molar-refractivity contribution in [2.45, 2.75) is 18.8 Å². The highest BCUT2D eigenvalue weighted by Gasteiger charge is 2.15. The van der Waals surface area contributed by atoms with Crippen LogP contribution in [0.5, 0.6) is 0 Å². The molecule has 0 spiro atoms. The Bertz CT molecular complexity index is 434. The van der Waals surface area contributed by atoms with E-state index in [9.17, 15) is 14.9 Å². The van der Waals surface area contributed by atoms with Crippen molar-refractivity contribution < 1.29 is 9.72 Å². The van der Waals surface area contributed by atoms with Crippen LogP contribution in [0.4, 0.5) is 5.69 Å². The molecule has 1 aromatic carbocycles. The lowest BCUT2D eigenvalue weighted by atomic mass is 10.2. The first kappa shape index (κ1) is 13.4. The van der Waals surface area contributed by atoms with E-state index in [1.807, 2.05) is 0 Å². The first-order valence-electron chi connectivity index (χ1n) is 5.04. The lowest BCUT2D eigenvalue weighted by Crippen LogP contribution is -2.31. The number of hydrogen-bond acceptors (Lipinski definition) is 3. The van der Waals surface area contributed by atoms with Crippen LogP contribution in [-0.2, 0) is 11.3 Å². The molecule has 1 unspecified atom stereocenters. The van der Waals surface area contributed by atoms with Gasteiger partial charge in [0.05, 0.1) is 4.92 Å². The maximum Gasteiger partial charge on any atom is 0.269 e. The number of benzene rings is 1. The molecule has 1 atom stereocenters. The number of carbonyl (C=O) groups excluding carboxylic acids is 1. The van der Waals surface area contributed by atoms with Crippen molar-refractivity contribution in [2.75, 3.05) is 7.05 Å². The van der Waals surface area contributed by atoms with Crippen LogP contribution in [0.3, 0.4) is 0 Å². The molecule has 0 saturated heterocycles. The average molecular weight is 257 g/mol. The first-order valence-corrected chi connectivity index (χ1v) is 5.48. The molecule has 0 aliphatic rings. The highest BCUT2D eigenvalue weighted by atomic mass is 35.5. The van der Waals surface area contributed by atoms with Gasteiger partial charge in [0.2, 0.25) is 5.91 Å². The molecule has 0 radical (unpaired) electrons. The highest BCUT2D eigenvalue weighted by Crippen LogP contribution is 2.15. The fourth-order valence-corrected chi connectivity index (χ4v) is 1.59. The van der Waals surface area contributed by atoms with Gasteiger partial charge in [-0.25, -0.2) is 0 Å². The van der Waals surface area contributed by atoms with Gasteiger partial charge in [0.1, 0.15) is 5.38 Å². The molecule has 1 amide bonds. The number of non-ortho nitro benzene ring substituents is 1. The van der Waals surface area contributed by atoms with Crippen LogP contribution in [-0.4, -0.2) is 28.2 Å². The van der Waals surface area contributed by atoms with E-state index in [4.69, 9.17) is 11.6 Å². The summed E-state index contributed by atoms with van der Waals surface area (Å²) in [6.45, 7) is 1.89. The van der Waals surface area contributed by atoms with Crippen molar-refractivity contribution in [1.29, 1.82) is 0 Å². The molecule has 0 bridgehead atoms. The van der Waals surface area contributed by atoms with Gasteiger partial charge in [-0.2, -0.15) is 0 Å². The zero-order valence-electron chi connectivity index (χ0n) is 9.59. The summed E-state index contributed by atoms with van der Waals surface area (Å²) in [7, 11) is 1.61. The van der Waals surface area contributed by atoms with Crippen LogP contribution in [0, 0.1) is 10.1 Å². The van der Waals surface area contributed by atoms with Crippen molar-refractivity contribution in [1.82, 2.24) is 4.90 Å². The topological polar surface area (TPSA) is 63.5 Å². The van der Waals surface area contributed by atoms with Gasteiger partial charge in [-0.05, 0) is 12.5 Å². The largest absolute Gasteiger partial charge is 0.340 e. The number of nitro benzene ring substituents is 1. The second kappa shape index (κ2) is 5.63. The van der Waals surface area contributed by atoms with E-state index < -0.39 is 10.3 Å². The number of alkyl halides is 1. The van der Waals surface area contributed by atoms with Crippen LogP contribution in [0.25, 0.3) is 0 Å². The standard InChI is InChI=1S/C11H13ClN2O3/c1-8(12)11(15)13(2)7-9-4-3-5-10(6-9)14(16)17/h3-6,8H,7H2,1-2H3. The monoisotopic (exact) mass is 256 g/mol. The minimum Gasteiger partial charge on any atom is -0.340 e. The zero-order chi connectivity index (χ0) is 13.0. The molecule has 0 heterocycles. The second-order valence-electron chi connectivity index (χ2n) is 3.74. The Morgan fingerprint density at radius 2 is 2.24 bits per heavy atom. The van der Waals surface area contributed by atoms with E-state index in [-0.39, 0.29) is 11.6 Å². The minimum absolute atomic E-state index is 0.0160. The molecule has 0 N–H and O–H groups in total. The van der Waals surface area contributed by atoms with Gasteiger partial charge < -0.3 is 4.90 Å². The summed E-state index contributed by atoms with van der Waals surface area (Å²) in [5, 5.41) is 9.99. The predicted octanol–water partition coefficient (Wildman–Crippen LogP) is 2.18. The summed E-state index contributed by atoms with van der Waals surface area (Å²) in [5.41, 5.74) is 0.717. The number of carbonyl (C=O) groups is 1. The molecule has 17 heavy (non-hydrogen) atoms. The maximum atomic E-state index is 11.5. The fraction of sp³-hybridized carbons (Fsp3) is 0.364. The molecule has 0 aromatic heterocycles. The van der Waals surface area contributed by atoms with E-state index >= 15 is 0 Å². The molecular formula is C11H13ClN2O3. The van der Waals surface area contributed by atoms with Gasteiger partial charge in [-0.1, -0.05) is 12.1 Å². The van der Waals surface area contributed by atoms with E-state index in [2.05, 4.69) is 0 Å². The van der Waals surface area contributed by atoms with Crippen LogP contribution in [0.15, 0.2) is 24.3 Å². The molecule has 0 aliphatic carbocycles. The number of halogens is 1. The number of rotatable bonds is 4. The number of amides is 1. The van der Waals surface area contributed by atoms with Gasteiger partial charge in [-0.3, -0.25) is 14.9 Å². The average Bonchev–Trinajstić information content (AvgIpc) is 2.28. The van der Waals surface area contributed by atoms with Crippen LogP contribution < -0.4 is 0 Å². The van der Waals surface area contributed by atoms with Gasteiger partial charge in [-0.15, -0.1) is 11.6 Å². The van der Waals surface area contributed by atoms with Gasteiger partial charge >= 0.3 is 0 Å². The van der Waals surface area contributed by atoms with Gasteiger partial charge in [0.15, 0.2) is 0 Å². The van der Waals surface area contributed by atoms with E-state index in [1.54, 1.807) is 26.1 Å². The summed E-state index contributed by atoms with van der Waals surface area (Å²) in [6, 6.07) is 6.18. The van der Waals surface area contributed by atoms with E-state index in [1.165, 1.54) is 17.0 Å². The molecule has 6 heteroatoms. The van der Waals surface area contributed by atoms with Crippen molar-refractivity contribution >= 4 is 23.2 Å². The highest BCUT2D eigenvalue weighted by molar-refractivity contribution is 6.30. The fourth-order valence-electron chi connectivity index (χ4n) is 1.42. The Balaban J connectivity index is 2.78. The third-order valence-electron chi connectivity index (χ3n) is 2.26. The van der Waals surface area contributed by atoms with Crippen molar-refractivity contribution in [3.63, 3.8) is 0 Å². The lowest BCUT2D eigenvalue weighted by molar-refractivity contribution is -0.384. The molecule has 0 aliphatic heterocycles. The maximum absolute atomic E-state index is 11.5. The zero-order valence-corrected chi connectivity index (χ0v) is 10.3. The Morgan fingerprint density at radius 1 is 1.59 bits per heavy atom. The Labute approximate surface area is 104 Å². The van der Waals surface area contributed by atoms with Gasteiger partial charge in [0.25, 0.3) is 5.69 Å². The number of nitro groups is 1. The summed E-state index contributed by atoms with van der Waals surface area (Å²) in [5.74, 6) is -0.210. The summed E-state index contributed by atoms with van der Waals surface area (Å²) in [6.07, 6.45) is 0. The molecule has 92 valence electrons. The predicted molar refractivity (Wildman–Crippen MR) is 64.9 cm³/mol. The molecule has 1 aromatic rings. The van der Waals surface area contributed by atoms with Crippen LogP contribution in [0.2, 0.25) is 0 Å². The minimum atomic E-state index is -0.598. The number of hydrogen-bond donors (Lipinski definition) is 0. The molecular weight excluding hydrogens is 244 g/mol. The summed E-state index contributed by atoms with van der Waals surface area (Å²) < 4.78 is 0. The van der Waals surface area contributed by atoms with Crippen molar-refractivity contribution in [3.8, 4) is 0 Å². The second-order valence-corrected chi connectivity index (χ2v) is 4.39. The normalized spacial score (nSPS) is 11.9. The number of nitrogens with zero attached hydrogens (tertiary/aromatic N) is 2. The van der Waals surface area contributed by atoms with E-state index in [0.29, 0.717) is 12.1 Å². The molecule has 1 rings (SSSR count). The third-order valence-corrected chi connectivity index (χ3v) is 2.44. The Hall–Kier alpha value is -1.62. The smallest absolute Gasteiger partial charge is 0.269 e. The quantitative estimate of drug-likeness (QED) is 0.471. The lowest BCUT2D eigenvalue weighted by Gasteiger charge is -2.18. The van der Waals surface area contributed by atoms with Crippen LogP contribution in [0.1, 0.15) is 12.5 Å². The summed E-state index contributed by atoms with van der Waals surface area (Å²) >= 11 is 5.67. The Morgan fingerprint density at radius 3 is 2.76 bits per heavy atom. The van der Waals surface area contributed by atoms with Gasteiger partial charge in [0, 0.05) is 25.7 Å². The summed E-state index contributed by atoms with van der Waals surface area (Å²) in [4.78, 5) is 23.1. The molecule has 5 nitrogen and oxygen atoms in total.